The van der Waals surface area contributed by atoms with Crippen LogP contribution in [0.2, 0.25) is 0 Å². The van der Waals surface area contributed by atoms with Crippen LogP contribution in [0.1, 0.15) is 25.7 Å². The molecular formula is C19H32N2O8. The number of nitrogens with zero attached hydrogens (tertiary/aromatic N) is 2. The standard InChI is InChI=1S/C10H17NO4.C9H15NO4/c1-13-6-4-10(8-11,5-7-14-2)9(12)15-3;1-13-5-3-9(7-10,8(11)12)4-6-14-2/h4-7H2,1-3H3;3-6H2,1-2H3,(H,11,12). The van der Waals surface area contributed by atoms with E-state index in [0.29, 0.717) is 26.1 Å². The highest BCUT2D eigenvalue weighted by molar-refractivity contribution is 5.80. The van der Waals surface area contributed by atoms with Crippen molar-refractivity contribution in [1.82, 2.24) is 0 Å². The zero-order valence-corrected chi connectivity index (χ0v) is 17.9. The fraction of sp³-hybridized carbons (Fsp3) is 0.789. The SMILES string of the molecule is COCCC(C#N)(CCOC)C(=O)O.COCCC(C#N)(CCOC)C(=O)OC. The van der Waals surface area contributed by atoms with Crippen molar-refractivity contribution in [3.8, 4) is 12.1 Å². The van der Waals surface area contributed by atoms with Gasteiger partial charge >= 0.3 is 11.9 Å². The summed E-state index contributed by atoms with van der Waals surface area (Å²) in [5, 5.41) is 26.9. The van der Waals surface area contributed by atoms with Crippen LogP contribution in [0.5, 0.6) is 0 Å². The molecule has 0 aromatic carbocycles. The Kier molecular flexibility index (Phi) is 16.7. The van der Waals surface area contributed by atoms with Crippen molar-refractivity contribution >= 4 is 11.9 Å². The van der Waals surface area contributed by atoms with Crippen LogP contribution in [0.3, 0.4) is 0 Å². The molecule has 0 heterocycles. The number of carbonyl (C=O) groups is 2. The Bertz CT molecular complexity index is 537. The van der Waals surface area contributed by atoms with Crippen LogP contribution in [0, 0.1) is 33.5 Å². The summed E-state index contributed by atoms with van der Waals surface area (Å²) in [5.74, 6) is -1.65. The molecule has 0 spiro atoms. The molecule has 0 unspecified atom stereocenters. The van der Waals surface area contributed by atoms with Crippen LogP contribution in [0.4, 0.5) is 0 Å². The van der Waals surface area contributed by atoms with Gasteiger partial charge in [-0.15, -0.1) is 0 Å². The largest absolute Gasteiger partial charge is 0.480 e. The van der Waals surface area contributed by atoms with Crippen molar-refractivity contribution in [1.29, 1.82) is 10.5 Å². The third-order valence-electron chi connectivity index (χ3n) is 4.35. The Hall–Kier alpha value is -2.24. The van der Waals surface area contributed by atoms with E-state index < -0.39 is 22.8 Å². The van der Waals surface area contributed by atoms with Gasteiger partial charge in [0.05, 0.1) is 19.2 Å². The van der Waals surface area contributed by atoms with Gasteiger partial charge in [0, 0.05) is 80.6 Å². The van der Waals surface area contributed by atoms with Crippen LogP contribution in [-0.4, -0.2) is 79.0 Å². The molecule has 10 heteroatoms. The molecule has 0 aromatic heterocycles. The summed E-state index contributed by atoms with van der Waals surface area (Å²) in [5.41, 5.74) is -2.53. The summed E-state index contributed by atoms with van der Waals surface area (Å²) >= 11 is 0. The highest BCUT2D eigenvalue weighted by Gasteiger charge is 2.39. The van der Waals surface area contributed by atoms with E-state index in [9.17, 15) is 9.59 Å². The fourth-order valence-electron chi connectivity index (χ4n) is 2.29. The lowest BCUT2D eigenvalue weighted by Gasteiger charge is -2.22. The van der Waals surface area contributed by atoms with Gasteiger partial charge in [0.2, 0.25) is 0 Å². The fourth-order valence-corrected chi connectivity index (χ4v) is 2.29. The molecule has 0 saturated carbocycles. The van der Waals surface area contributed by atoms with Crippen LogP contribution in [0.15, 0.2) is 0 Å². The Morgan fingerprint density at radius 1 is 0.724 bits per heavy atom. The normalized spacial score (nSPS) is 10.9. The van der Waals surface area contributed by atoms with Crippen molar-refractivity contribution in [3.05, 3.63) is 0 Å². The number of carboxylic acid groups (broad SMARTS) is 1. The lowest BCUT2D eigenvalue weighted by molar-refractivity contribution is -0.151. The molecule has 166 valence electrons. The molecule has 0 aliphatic heterocycles. The first kappa shape index (κ1) is 29.0. The molecule has 0 saturated heterocycles. The van der Waals surface area contributed by atoms with E-state index in [0.717, 1.165) is 0 Å². The number of carboxylic acids is 1. The van der Waals surface area contributed by atoms with Crippen molar-refractivity contribution in [3.63, 3.8) is 0 Å². The second-order valence-electron chi connectivity index (χ2n) is 6.16. The maximum atomic E-state index is 11.5. The van der Waals surface area contributed by atoms with Crippen LogP contribution in [0.25, 0.3) is 0 Å². The molecule has 1 N–H and O–H groups in total. The monoisotopic (exact) mass is 416 g/mol. The summed E-state index contributed by atoms with van der Waals surface area (Å²) in [6, 6.07) is 3.83. The predicted molar refractivity (Wildman–Crippen MR) is 102 cm³/mol. The zero-order valence-electron chi connectivity index (χ0n) is 17.9. The number of rotatable bonds is 14. The van der Waals surface area contributed by atoms with Gasteiger partial charge in [-0.3, -0.25) is 9.59 Å². The summed E-state index contributed by atoms with van der Waals surface area (Å²) in [4.78, 5) is 22.5. The highest BCUT2D eigenvalue weighted by atomic mass is 16.5. The lowest BCUT2D eigenvalue weighted by atomic mass is 9.83. The van der Waals surface area contributed by atoms with E-state index in [-0.39, 0.29) is 26.1 Å². The first-order valence-corrected chi connectivity index (χ1v) is 8.89. The number of ether oxygens (including phenoxy) is 5. The van der Waals surface area contributed by atoms with Crippen molar-refractivity contribution in [2.75, 3.05) is 62.0 Å². The summed E-state index contributed by atoms with van der Waals surface area (Å²) in [6.07, 6.45) is 0.990. The minimum absolute atomic E-state index is 0.179. The Labute approximate surface area is 172 Å². The number of nitriles is 2. The van der Waals surface area contributed by atoms with Crippen molar-refractivity contribution < 1.29 is 38.4 Å². The average Bonchev–Trinajstić information content (AvgIpc) is 2.74. The Balaban J connectivity index is 0. The molecule has 0 radical (unpaired) electrons. The van der Waals surface area contributed by atoms with E-state index in [1.807, 2.05) is 12.1 Å². The van der Waals surface area contributed by atoms with Crippen LogP contribution < -0.4 is 0 Å². The van der Waals surface area contributed by atoms with Gasteiger partial charge in [-0.05, 0) is 0 Å². The topological polar surface area (TPSA) is 148 Å². The van der Waals surface area contributed by atoms with Gasteiger partial charge in [0.1, 0.15) is 0 Å². The second kappa shape index (κ2) is 16.7. The van der Waals surface area contributed by atoms with Gasteiger partial charge in [-0.25, -0.2) is 0 Å². The van der Waals surface area contributed by atoms with Gasteiger partial charge in [-0.2, -0.15) is 10.5 Å². The number of esters is 1. The van der Waals surface area contributed by atoms with Gasteiger partial charge in [0.15, 0.2) is 10.8 Å². The smallest absolute Gasteiger partial charge is 0.326 e. The first-order valence-electron chi connectivity index (χ1n) is 8.89. The van der Waals surface area contributed by atoms with Crippen molar-refractivity contribution in [2.45, 2.75) is 25.7 Å². The zero-order chi connectivity index (χ0) is 22.8. The number of hydrogen-bond acceptors (Lipinski definition) is 9. The third kappa shape index (κ3) is 10.2. The molecule has 0 atom stereocenters. The number of carbonyl (C=O) groups excluding carboxylic acids is 1. The summed E-state index contributed by atoms with van der Waals surface area (Å²) < 4.78 is 23.9. The molecule has 0 aromatic rings. The van der Waals surface area contributed by atoms with Crippen LogP contribution in [-0.2, 0) is 33.3 Å². The van der Waals surface area contributed by atoms with E-state index in [4.69, 9.17) is 34.6 Å². The molecule has 0 bridgehead atoms. The van der Waals surface area contributed by atoms with Gasteiger partial charge in [0.25, 0.3) is 0 Å². The summed E-state index contributed by atoms with van der Waals surface area (Å²) in [7, 11) is 7.26. The molecule has 0 aliphatic rings. The molecular weight excluding hydrogens is 384 g/mol. The van der Waals surface area contributed by atoms with E-state index in [1.54, 1.807) is 0 Å². The minimum Gasteiger partial charge on any atom is -0.480 e. The Morgan fingerprint density at radius 3 is 1.24 bits per heavy atom. The maximum Gasteiger partial charge on any atom is 0.326 e. The summed E-state index contributed by atoms with van der Waals surface area (Å²) in [6.45, 7) is 1.19. The molecule has 29 heavy (non-hydrogen) atoms. The average molecular weight is 416 g/mol. The van der Waals surface area contributed by atoms with Gasteiger partial charge in [-0.1, -0.05) is 0 Å². The van der Waals surface area contributed by atoms with Crippen LogP contribution >= 0.6 is 0 Å². The predicted octanol–water partition coefficient (Wildman–Crippen LogP) is 1.40. The quantitative estimate of drug-likeness (QED) is 0.412. The number of methoxy groups -OCH3 is 5. The number of aliphatic carboxylic acids is 1. The maximum absolute atomic E-state index is 11.5. The lowest BCUT2D eigenvalue weighted by Crippen LogP contribution is -2.33. The van der Waals surface area contributed by atoms with E-state index in [1.165, 1.54) is 35.5 Å². The molecule has 0 fully saturated rings. The molecule has 0 rings (SSSR count). The van der Waals surface area contributed by atoms with Crippen molar-refractivity contribution in [2.24, 2.45) is 10.8 Å². The third-order valence-corrected chi connectivity index (χ3v) is 4.35. The first-order chi connectivity index (χ1) is 13.8. The Morgan fingerprint density at radius 2 is 1.03 bits per heavy atom. The molecule has 0 amide bonds. The minimum atomic E-state index is -1.38. The van der Waals surface area contributed by atoms with Gasteiger partial charge < -0.3 is 28.8 Å². The van der Waals surface area contributed by atoms with E-state index >= 15 is 0 Å². The molecule has 10 nitrogen and oxygen atoms in total. The van der Waals surface area contributed by atoms with E-state index in [2.05, 4.69) is 4.74 Å². The second-order valence-corrected chi connectivity index (χ2v) is 6.16. The molecule has 0 aliphatic carbocycles. The highest BCUT2D eigenvalue weighted by Crippen LogP contribution is 2.28. The number of hydrogen-bond donors (Lipinski definition) is 1.